The van der Waals surface area contributed by atoms with Crippen LogP contribution < -0.4 is 14.2 Å². The minimum Gasteiger partial charge on any atom is -0.491 e. The molecule has 0 saturated heterocycles. The van der Waals surface area contributed by atoms with Crippen LogP contribution >= 0.6 is 0 Å². The van der Waals surface area contributed by atoms with Crippen LogP contribution in [0.25, 0.3) is 6.08 Å². The van der Waals surface area contributed by atoms with Crippen molar-refractivity contribution >= 4 is 17.8 Å². The molecule has 0 atom stereocenters. The number of ketones is 1. The minimum atomic E-state index is -0.604. The molecule has 0 spiro atoms. The van der Waals surface area contributed by atoms with Crippen LogP contribution in [0.3, 0.4) is 0 Å². The molecule has 0 unspecified atom stereocenters. The standard InChI is InChI=1S/C29H36O5/c1-9-10-22-17-23(27(33-20(4)5)18-26(22)32-19(2)3)13-16-25(30)21-11-14-24(15-12-21)34-28(31)29(6,7)8/h9,11-20H,1,10H2,2-8H3. The van der Waals surface area contributed by atoms with Crippen molar-refractivity contribution in [2.45, 2.75) is 67.1 Å². The molecule has 0 heterocycles. The van der Waals surface area contributed by atoms with Gasteiger partial charge in [-0.2, -0.15) is 0 Å². The molecule has 0 aliphatic rings. The molecular weight excluding hydrogens is 428 g/mol. The third-order valence-electron chi connectivity index (χ3n) is 4.66. The molecule has 0 saturated carbocycles. The second kappa shape index (κ2) is 11.7. The highest BCUT2D eigenvalue weighted by Gasteiger charge is 2.23. The van der Waals surface area contributed by atoms with Crippen molar-refractivity contribution in [1.29, 1.82) is 0 Å². The first-order chi connectivity index (χ1) is 15.9. The van der Waals surface area contributed by atoms with Gasteiger partial charge in [0, 0.05) is 17.2 Å². The van der Waals surface area contributed by atoms with Gasteiger partial charge in [-0.1, -0.05) is 6.08 Å². The second-order valence-electron chi connectivity index (χ2n) is 9.69. The van der Waals surface area contributed by atoms with Gasteiger partial charge in [0.1, 0.15) is 17.2 Å². The summed E-state index contributed by atoms with van der Waals surface area (Å²) >= 11 is 0. The highest BCUT2D eigenvalue weighted by molar-refractivity contribution is 6.07. The Balaban J connectivity index is 2.29. The maximum absolute atomic E-state index is 12.8. The average Bonchev–Trinajstić information content (AvgIpc) is 2.73. The summed E-state index contributed by atoms with van der Waals surface area (Å²) in [6.07, 6.45) is 5.69. The quantitative estimate of drug-likeness (QED) is 0.127. The van der Waals surface area contributed by atoms with E-state index in [4.69, 9.17) is 14.2 Å². The van der Waals surface area contributed by atoms with Crippen molar-refractivity contribution in [1.82, 2.24) is 0 Å². The molecule has 0 aromatic heterocycles. The molecule has 0 radical (unpaired) electrons. The summed E-state index contributed by atoms with van der Waals surface area (Å²) in [4.78, 5) is 24.8. The summed E-state index contributed by atoms with van der Waals surface area (Å²) in [6, 6.07) is 10.4. The number of benzene rings is 2. The van der Waals surface area contributed by atoms with E-state index >= 15 is 0 Å². The fourth-order valence-electron chi connectivity index (χ4n) is 3.00. The number of carbonyl (C=O) groups is 2. The number of hydrogen-bond donors (Lipinski definition) is 0. The largest absolute Gasteiger partial charge is 0.491 e. The Bertz CT molecular complexity index is 1040. The maximum atomic E-state index is 12.8. The Morgan fingerprint density at radius 1 is 0.941 bits per heavy atom. The van der Waals surface area contributed by atoms with E-state index in [1.54, 1.807) is 51.1 Å². The summed E-state index contributed by atoms with van der Waals surface area (Å²) < 4.78 is 17.3. The van der Waals surface area contributed by atoms with Gasteiger partial charge >= 0.3 is 5.97 Å². The maximum Gasteiger partial charge on any atom is 0.316 e. The predicted octanol–water partition coefficient (Wildman–Crippen LogP) is 6.84. The Morgan fingerprint density at radius 3 is 2.06 bits per heavy atom. The number of hydrogen-bond acceptors (Lipinski definition) is 5. The summed E-state index contributed by atoms with van der Waals surface area (Å²) in [7, 11) is 0. The first-order valence-electron chi connectivity index (χ1n) is 11.6. The van der Waals surface area contributed by atoms with Crippen LogP contribution in [0.1, 0.15) is 70.0 Å². The molecule has 0 aliphatic heterocycles. The summed E-state index contributed by atoms with van der Waals surface area (Å²) in [5.41, 5.74) is 1.64. The second-order valence-corrected chi connectivity index (χ2v) is 9.69. The minimum absolute atomic E-state index is 0.0177. The lowest BCUT2D eigenvalue weighted by Gasteiger charge is -2.19. The van der Waals surface area contributed by atoms with Crippen LogP contribution in [0.15, 0.2) is 55.1 Å². The van der Waals surface area contributed by atoms with E-state index < -0.39 is 5.41 Å². The van der Waals surface area contributed by atoms with Crippen molar-refractivity contribution in [3.05, 3.63) is 71.8 Å². The average molecular weight is 465 g/mol. The monoisotopic (exact) mass is 464 g/mol. The third-order valence-corrected chi connectivity index (χ3v) is 4.66. The van der Waals surface area contributed by atoms with E-state index in [2.05, 4.69) is 6.58 Å². The predicted molar refractivity (Wildman–Crippen MR) is 137 cm³/mol. The highest BCUT2D eigenvalue weighted by Crippen LogP contribution is 2.32. The molecule has 5 nitrogen and oxygen atoms in total. The summed E-state index contributed by atoms with van der Waals surface area (Å²) in [5.74, 6) is 1.30. The molecule has 182 valence electrons. The third kappa shape index (κ3) is 7.91. The van der Waals surface area contributed by atoms with Crippen molar-refractivity contribution in [2.75, 3.05) is 0 Å². The lowest BCUT2D eigenvalue weighted by Crippen LogP contribution is -2.25. The van der Waals surface area contributed by atoms with Crippen LogP contribution in [0.2, 0.25) is 0 Å². The van der Waals surface area contributed by atoms with Crippen molar-refractivity contribution in [2.24, 2.45) is 5.41 Å². The van der Waals surface area contributed by atoms with Crippen molar-refractivity contribution in [3.8, 4) is 17.2 Å². The topological polar surface area (TPSA) is 61.8 Å². The lowest BCUT2D eigenvalue weighted by atomic mass is 9.97. The van der Waals surface area contributed by atoms with Gasteiger partial charge in [-0.15, -0.1) is 6.58 Å². The lowest BCUT2D eigenvalue weighted by molar-refractivity contribution is -0.143. The molecule has 0 amide bonds. The summed E-state index contributed by atoms with van der Waals surface area (Å²) in [6.45, 7) is 17.1. The zero-order valence-electron chi connectivity index (χ0n) is 21.3. The van der Waals surface area contributed by atoms with Gasteiger partial charge in [-0.05, 0) is 103 Å². The van der Waals surface area contributed by atoms with E-state index in [-0.39, 0.29) is 24.0 Å². The van der Waals surface area contributed by atoms with Crippen LogP contribution in [-0.2, 0) is 11.2 Å². The Kier molecular flexibility index (Phi) is 9.25. The Morgan fingerprint density at radius 2 is 1.53 bits per heavy atom. The van der Waals surface area contributed by atoms with E-state index in [1.807, 2.05) is 45.9 Å². The van der Waals surface area contributed by atoms with E-state index in [9.17, 15) is 9.59 Å². The fraction of sp³-hybridized carbons (Fsp3) is 0.379. The first-order valence-corrected chi connectivity index (χ1v) is 11.6. The fourth-order valence-corrected chi connectivity index (χ4v) is 3.00. The molecule has 5 heteroatoms. The number of carbonyl (C=O) groups excluding carboxylic acids is 2. The molecule has 0 N–H and O–H groups in total. The number of allylic oxidation sites excluding steroid dienone is 2. The van der Waals surface area contributed by atoms with Crippen molar-refractivity contribution < 1.29 is 23.8 Å². The van der Waals surface area contributed by atoms with E-state index in [1.165, 1.54) is 6.08 Å². The van der Waals surface area contributed by atoms with E-state index in [0.717, 1.165) is 16.9 Å². The molecular formula is C29H36O5. The van der Waals surface area contributed by atoms with Crippen LogP contribution in [0, 0.1) is 5.41 Å². The van der Waals surface area contributed by atoms with Crippen LogP contribution in [0.5, 0.6) is 17.2 Å². The van der Waals surface area contributed by atoms with Crippen LogP contribution in [0.4, 0.5) is 0 Å². The SMILES string of the molecule is C=CCc1cc(C=CC(=O)c2ccc(OC(=O)C(C)(C)C)cc2)c(OC(C)C)cc1OC(C)C. The molecule has 2 aromatic rings. The zero-order valence-corrected chi connectivity index (χ0v) is 21.3. The van der Waals surface area contributed by atoms with Gasteiger partial charge < -0.3 is 14.2 Å². The molecule has 34 heavy (non-hydrogen) atoms. The summed E-state index contributed by atoms with van der Waals surface area (Å²) in [5, 5.41) is 0. The van der Waals surface area contributed by atoms with Gasteiger partial charge in [0.2, 0.25) is 0 Å². The Labute approximate surface area is 203 Å². The molecule has 0 fully saturated rings. The highest BCUT2D eigenvalue weighted by atomic mass is 16.5. The van der Waals surface area contributed by atoms with Gasteiger partial charge in [0.15, 0.2) is 5.78 Å². The molecule has 0 aliphatic carbocycles. The van der Waals surface area contributed by atoms with Crippen molar-refractivity contribution in [3.63, 3.8) is 0 Å². The number of esters is 1. The smallest absolute Gasteiger partial charge is 0.316 e. The molecule has 2 rings (SSSR count). The van der Waals surface area contributed by atoms with Gasteiger partial charge in [-0.25, -0.2) is 0 Å². The molecule has 2 aromatic carbocycles. The normalized spacial score (nSPS) is 11.7. The number of rotatable bonds is 10. The van der Waals surface area contributed by atoms with Gasteiger partial charge in [0.05, 0.1) is 17.6 Å². The van der Waals surface area contributed by atoms with Crippen LogP contribution in [-0.4, -0.2) is 24.0 Å². The van der Waals surface area contributed by atoms with Gasteiger partial charge in [0.25, 0.3) is 0 Å². The Hall–Kier alpha value is -3.34. The first kappa shape index (κ1) is 26.9. The zero-order chi connectivity index (χ0) is 25.5. The molecule has 0 bridgehead atoms. The van der Waals surface area contributed by atoms with E-state index in [0.29, 0.717) is 23.5 Å². The van der Waals surface area contributed by atoms with Gasteiger partial charge in [-0.3, -0.25) is 9.59 Å². The number of ether oxygens (including phenoxy) is 3.